The van der Waals surface area contributed by atoms with Crippen LogP contribution in [-0.4, -0.2) is 9.38 Å². The topological polar surface area (TPSA) is 121 Å². The first kappa shape index (κ1) is 16.5. The molecular weight excluding hydrogens is 366 g/mol. The van der Waals surface area contributed by atoms with E-state index >= 15 is 0 Å². The molecule has 0 radical (unpaired) electrons. The van der Waals surface area contributed by atoms with Gasteiger partial charge in [0.25, 0.3) is 0 Å². The summed E-state index contributed by atoms with van der Waals surface area (Å²) < 4.78 is 7.17. The number of nitrogens with zero attached hydrogens (tertiary/aromatic N) is 4. The molecule has 0 aliphatic heterocycles. The molecule has 0 bridgehead atoms. The van der Waals surface area contributed by atoms with Crippen LogP contribution in [0.5, 0.6) is 0 Å². The van der Waals surface area contributed by atoms with Gasteiger partial charge in [-0.3, -0.25) is 9.20 Å². The number of benzene rings is 2. The molecule has 5 rings (SSSR count). The van der Waals surface area contributed by atoms with Crippen molar-refractivity contribution >= 4 is 33.5 Å². The molecule has 0 atom stereocenters. The molecule has 0 aliphatic carbocycles. The predicted octanol–water partition coefficient (Wildman–Crippen LogP) is 3.59. The number of para-hydroxylation sites is 3. The fraction of sp³-hybridized carbons (Fsp3) is 0. The highest BCUT2D eigenvalue weighted by atomic mass is 16.3. The van der Waals surface area contributed by atoms with Crippen LogP contribution < -0.4 is 11.2 Å². The zero-order chi connectivity index (χ0) is 20.1. The number of pyridine rings is 1. The van der Waals surface area contributed by atoms with Crippen molar-refractivity contribution < 1.29 is 4.42 Å². The molecule has 0 fully saturated rings. The van der Waals surface area contributed by atoms with E-state index < -0.39 is 0 Å². The van der Waals surface area contributed by atoms with Crippen molar-refractivity contribution in [3.63, 3.8) is 0 Å². The molecule has 29 heavy (non-hydrogen) atoms. The Kier molecular flexibility index (Phi) is 3.39. The minimum absolute atomic E-state index is 0.0276. The van der Waals surface area contributed by atoms with E-state index in [9.17, 15) is 15.3 Å². The third-order valence-corrected chi connectivity index (χ3v) is 4.95. The molecule has 0 amide bonds. The fourth-order valence-corrected chi connectivity index (χ4v) is 3.65. The van der Waals surface area contributed by atoms with Crippen LogP contribution in [0.1, 0.15) is 11.1 Å². The van der Waals surface area contributed by atoms with E-state index in [-0.39, 0.29) is 39.1 Å². The SMILES string of the molecule is N#Cc1c(-c2coc3ccccc3c2=O)c(C#N)c2nc3ccccc3n2c1N. The molecule has 3 heterocycles. The summed E-state index contributed by atoms with van der Waals surface area (Å²) in [5.41, 5.74) is 8.32. The Morgan fingerprint density at radius 2 is 1.72 bits per heavy atom. The second kappa shape index (κ2) is 5.95. The van der Waals surface area contributed by atoms with E-state index in [2.05, 4.69) is 17.1 Å². The number of hydrogen-bond acceptors (Lipinski definition) is 6. The van der Waals surface area contributed by atoms with E-state index in [1.54, 1.807) is 40.8 Å². The average Bonchev–Trinajstić information content (AvgIpc) is 3.14. The second-order valence-electron chi connectivity index (χ2n) is 6.47. The lowest BCUT2D eigenvalue weighted by atomic mass is 9.96. The monoisotopic (exact) mass is 377 g/mol. The maximum Gasteiger partial charge on any atom is 0.200 e. The normalized spacial score (nSPS) is 11.0. The highest BCUT2D eigenvalue weighted by Crippen LogP contribution is 2.35. The molecule has 2 aromatic carbocycles. The van der Waals surface area contributed by atoms with E-state index in [0.29, 0.717) is 22.0 Å². The maximum atomic E-state index is 13.1. The van der Waals surface area contributed by atoms with Crippen LogP contribution in [0, 0.1) is 22.7 Å². The summed E-state index contributed by atoms with van der Waals surface area (Å²) in [5.74, 6) is 0.109. The molecule has 0 saturated carbocycles. The molecule has 3 aromatic heterocycles. The smallest absolute Gasteiger partial charge is 0.200 e. The molecule has 2 N–H and O–H groups in total. The van der Waals surface area contributed by atoms with Gasteiger partial charge in [-0.15, -0.1) is 0 Å². The first-order valence-corrected chi connectivity index (χ1v) is 8.69. The number of rotatable bonds is 1. The van der Waals surface area contributed by atoms with Crippen molar-refractivity contribution in [2.24, 2.45) is 0 Å². The van der Waals surface area contributed by atoms with Gasteiger partial charge in [-0.25, -0.2) is 4.98 Å². The van der Waals surface area contributed by atoms with Crippen LogP contribution in [0.25, 0.3) is 38.8 Å². The zero-order valence-electron chi connectivity index (χ0n) is 14.9. The maximum absolute atomic E-state index is 13.1. The Hall–Kier alpha value is -4.62. The standard InChI is InChI=1S/C22H11N5O2/c23-9-13-19(15-11-29-18-8-4-1-5-12(18)20(15)28)14(10-24)22-26-16-6-2-3-7-17(16)27(22)21(13)25/h1-8,11H,25H2. The Morgan fingerprint density at radius 1 is 1.00 bits per heavy atom. The molecule has 5 aromatic rings. The van der Waals surface area contributed by atoms with E-state index in [0.717, 1.165) is 0 Å². The number of fused-ring (bicyclic) bond motifs is 4. The molecule has 0 unspecified atom stereocenters. The van der Waals surface area contributed by atoms with Crippen LogP contribution >= 0.6 is 0 Å². The predicted molar refractivity (Wildman–Crippen MR) is 108 cm³/mol. The number of nitriles is 2. The Morgan fingerprint density at radius 3 is 2.52 bits per heavy atom. The third kappa shape index (κ3) is 2.16. The number of imidazole rings is 1. The van der Waals surface area contributed by atoms with E-state index in [1.807, 2.05) is 12.1 Å². The summed E-state index contributed by atoms with van der Waals surface area (Å²) in [6, 6.07) is 18.2. The quantitative estimate of drug-likeness (QED) is 0.476. The summed E-state index contributed by atoms with van der Waals surface area (Å²) in [4.78, 5) is 17.7. The summed E-state index contributed by atoms with van der Waals surface area (Å²) >= 11 is 0. The zero-order valence-corrected chi connectivity index (χ0v) is 14.9. The lowest BCUT2D eigenvalue weighted by molar-refractivity contribution is 0.604. The Bertz CT molecular complexity index is 1610. The van der Waals surface area contributed by atoms with Crippen molar-refractivity contribution in [3.05, 3.63) is 76.1 Å². The first-order chi connectivity index (χ1) is 14.2. The number of nitrogen functional groups attached to an aromatic ring is 1. The number of hydrogen-bond donors (Lipinski definition) is 1. The molecular formula is C22H11N5O2. The van der Waals surface area contributed by atoms with Crippen molar-refractivity contribution in [2.75, 3.05) is 5.73 Å². The summed E-state index contributed by atoms with van der Waals surface area (Å²) in [7, 11) is 0. The van der Waals surface area contributed by atoms with Gasteiger partial charge in [0.2, 0.25) is 5.43 Å². The molecule has 0 spiro atoms. The molecule has 136 valence electrons. The van der Waals surface area contributed by atoms with Crippen molar-refractivity contribution in [1.29, 1.82) is 10.5 Å². The van der Waals surface area contributed by atoms with Gasteiger partial charge >= 0.3 is 0 Å². The van der Waals surface area contributed by atoms with Gasteiger partial charge in [-0.05, 0) is 24.3 Å². The van der Waals surface area contributed by atoms with Gasteiger partial charge in [0.05, 0.1) is 22.0 Å². The minimum Gasteiger partial charge on any atom is -0.463 e. The molecule has 0 aliphatic rings. The van der Waals surface area contributed by atoms with Crippen LogP contribution in [-0.2, 0) is 0 Å². The van der Waals surface area contributed by atoms with Gasteiger partial charge in [-0.1, -0.05) is 24.3 Å². The lowest BCUT2D eigenvalue weighted by Gasteiger charge is -2.12. The lowest BCUT2D eigenvalue weighted by Crippen LogP contribution is -2.11. The second-order valence-corrected chi connectivity index (χ2v) is 6.47. The van der Waals surface area contributed by atoms with Crippen molar-refractivity contribution in [1.82, 2.24) is 9.38 Å². The number of anilines is 1. The Balaban J connectivity index is 2.02. The largest absolute Gasteiger partial charge is 0.463 e. The van der Waals surface area contributed by atoms with Crippen LogP contribution in [0.4, 0.5) is 5.82 Å². The fourth-order valence-electron chi connectivity index (χ4n) is 3.65. The van der Waals surface area contributed by atoms with Gasteiger partial charge < -0.3 is 10.2 Å². The molecule has 7 heteroatoms. The highest BCUT2D eigenvalue weighted by Gasteiger charge is 2.25. The summed E-state index contributed by atoms with van der Waals surface area (Å²) in [6.45, 7) is 0. The van der Waals surface area contributed by atoms with Gasteiger partial charge in [0, 0.05) is 5.56 Å². The van der Waals surface area contributed by atoms with Crippen molar-refractivity contribution in [2.45, 2.75) is 0 Å². The summed E-state index contributed by atoms with van der Waals surface area (Å²) in [6.07, 6.45) is 1.26. The molecule has 7 nitrogen and oxygen atoms in total. The van der Waals surface area contributed by atoms with Crippen LogP contribution in [0.2, 0.25) is 0 Å². The average molecular weight is 377 g/mol. The minimum atomic E-state index is -0.347. The van der Waals surface area contributed by atoms with Gasteiger partial charge in [-0.2, -0.15) is 10.5 Å². The Labute approximate surface area is 163 Å². The number of nitrogens with two attached hydrogens (primary N) is 1. The first-order valence-electron chi connectivity index (χ1n) is 8.69. The van der Waals surface area contributed by atoms with Gasteiger partial charge in [0.15, 0.2) is 5.65 Å². The van der Waals surface area contributed by atoms with Gasteiger partial charge in [0.1, 0.15) is 40.9 Å². The van der Waals surface area contributed by atoms with Crippen LogP contribution in [0.3, 0.4) is 0 Å². The number of aromatic nitrogens is 2. The van der Waals surface area contributed by atoms with Crippen molar-refractivity contribution in [3.8, 4) is 23.3 Å². The molecule has 0 saturated heterocycles. The van der Waals surface area contributed by atoms with Crippen LogP contribution in [0.15, 0.2) is 64.0 Å². The van der Waals surface area contributed by atoms with E-state index in [1.165, 1.54) is 6.26 Å². The highest BCUT2D eigenvalue weighted by molar-refractivity contribution is 5.94. The van der Waals surface area contributed by atoms with E-state index in [4.69, 9.17) is 10.2 Å². The third-order valence-electron chi connectivity index (χ3n) is 4.95. The summed E-state index contributed by atoms with van der Waals surface area (Å²) in [5, 5.41) is 20.1.